The molecule has 0 aliphatic rings. The van der Waals surface area contributed by atoms with E-state index in [1.807, 2.05) is 0 Å². The van der Waals surface area contributed by atoms with Gasteiger partial charge in [-0.05, 0) is 18.2 Å². The molecule has 0 saturated carbocycles. The number of rotatable bonds is 2. The molecule has 0 aliphatic carbocycles. The summed E-state index contributed by atoms with van der Waals surface area (Å²) in [4.78, 5) is 15.3. The van der Waals surface area contributed by atoms with Crippen LogP contribution in [0.1, 0.15) is 10.4 Å². The van der Waals surface area contributed by atoms with E-state index in [1.54, 1.807) is 0 Å². The Morgan fingerprint density at radius 2 is 1.84 bits per heavy atom. The topological polar surface area (TPSA) is 42.0 Å². The highest BCUT2D eigenvalue weighted by Gasteiger charge is 2.13. The summed E-state index contributed by atoms with van der Waals surface area (Å²) in [5.74, 6) is -2.26. The highest BCUT2D eigenvalue weighted by atomic mass is 35.5. The van der Waals surface area contributed by atoms with Crippen molar-refractivity contribution < 1.29 is 13.6 Å². The molecule has 1 aromatic heterocycles. The van der Waals surface area contributed by atoms with E-state index in [0.717, 1.165) is 6.20 Å². The summed E-state index contributed by atoms with van der Waals surface area (Å²) in [5, 5.41) is 1.89. The molecule has 7 heteroatoms. The molecule has 1 aromatic carbocycles. The molecular formula is C12H6Cl2F2N2O. The highest BCUT2D eigenvalue weighted by Crippen LogP contribution is 2.27. The summed E-state index contributed by atoms with van der Waals surface area (Å²) in [6, 6.07) is 3.58. The van der Waals surface area contributed by atoms with Crippen LogP contribution >= 0.6 is 23.2 Å². The molecule has 0 radical (unpaired) electrons. The van der Waals surface area contributed by atoms with Gasteiger partial charge in [-0.3, -0.25) is 9.78 Å². The van der Waals surface area contributed by atoms with Gasteiger partial charge in [0.2, 0.25) is 0 Å². The number of pyridine rings is 1. The van der Waals surface area contributed by atoms with Gasteiger partial charge in [-0.2, -0.15) is 0 Å². The van der Waals surface area contributed by atoms with E-state index in [2.05, 4.69) is 10.3 Å². The van der Waals surface area contributed by atoms with Crippen molar-refractivity contribution in [2.24, 2.45) is 0 Å². The van der Waals surface area contributed by atoms with Crippen molar-refractivity contribution in [3.63, 3.8) is 0 Å². The van der Waals surface area contributed by atoms with Gasteiger partial charge in [0.05, 0.1) is 21.8 Å². The Hall–Kier alpha value is -1.72. The van der Waals surface area contributed by atoms with Crippen molar-refractivity contribution in [1.29, 1.82) is 0 Å². The second-order valence-electron chi connectivity index (χ2n) is 3.56. The molecule has 1 N–H and O–H groups in total. The number of hydrogen-bond acceptors (Lipinski definition) is 2. The monoisotopic (exact) mass is 302 g/mol. The molecule has 0 bridgehead atoms. The van der Waals surface area contributed by atoms with Crippen LogP contribution in [0.25, 0.3) is 0 Å². The molecule has 0 fully saturated rings. The first-order valence-corrected chi connectivity index (χ1v) is 5.80. The number of carbonyl (C=O) groups is 1. The first-order valence-electron chi connectivity index (χ1n) is 5.04. The van der Waals surface area contributed by atoms with Crippen molar-refractivity contribution in [3.8, 4) is 0 Å². The lowest BCUT2D eigenvalue weighted by Crippen LogP contribution is -2.14. The fraction of sp³-hybridized carbons (Fsp3) is 0. The van der Waals surface area contributed by atoms with Gasteiger partial charge in [-0.25, -0.2) is 8.78 Å². The molecule has 1 amide bonds. The number of hydrogen-bond donors (Lipinski definition) is 1. The molecule has 3 nitrogen and oxygen atoms in total. The van der Waals surface area contributed by atoms with Gasteiger partial charge >= 0.3 is 0 Å². The minimum absolute atomic E-state index is 0.164. The summed E-state index contributed by atoms with van der Waals surface area (Å²) < 4.78 is 26.5. The van der Waals surface area contributed by atoms with E-state index in [1.165, 1.54) is 24.4 Å². The Balaban J connectivity index is 2.27. The summed E-state index contributed by atoms with van der Waals surface area (Å²) >= 11 is 11.2. The number of benzene rings is 1. The molecule has 98 valence electrons. The van der Waals surface area contributed by atoms with Crippen molar-refractivity contribution in [2.75, 3.05) is 5.32 Å². The van der Waals surface area contributed by atoms with Crippen molar-refractivity contribution in [2.45, 2.75) is 0 Å². The lowest BCUT2D eigenvalue weighted by Gasteiger charge is -2.07. The largest absolute Gasteiger partial charge is 0.322 e. The normalized spacial score (nSPS) is 10.3. The molecule has 2 aromatic rings. The van der Waals surface area contributed by atoms with Crippen molar-refractivity contribution in [1.82, 2.24) is 4.98 Å². The molecule has 0 spiro atoms. The third-order valence-corrected chi connectivity index (χ3v) is 2.81. The average Bonchev–Trinajstić information content (AvgIpc) is 2.36. The second kappa shape index (κ2) is 5.50. The maximum absolute atomic E-state index is 13.3. The van der Waals surface area contributed by atoms with Gasteiger partial charge in [-0.15, -0.1) is 0 Å². The van der Waals surface area contributed by atoms with Crippen molar-refractivity contribution in [3.05, 3.63) is 57.8 Å². The van der Waals surface area contributed by atoms with Gasteiger partial charge in [0.15, 0.2) is 11.6 Å². The molecular weight excluding hydrogens is 297 g/mol. The van der Waals surface area contributed by atoms with Gasteiger partial charge in [0.25, 0.3) is 5.91 Å². The summed E-state index contributed by atoms with van der Waals surface area (Å²) in [7, 11) is 0. The van der Waals surface area contributed by atoms with Crippen LogP contribution in [0.15, 0.2) is 30.6 Å². The Bertz CT molecular complexity index is 626. The average molecular weight is 303 g/mol. The summed E-state index contributed by atoms with van der Waals surface area (Å²) in [5.41, 5.74) is -0.0239. The fourth-order valence-corrected chi connectivity index (χ4v) is 1.87. The SMILES string of the molecule is O=C(Nc1cc(Cl)c(F)c(Cl)c1)c1ccncc1F. The van der Waals surface area contributed by atoms with Gasteiger partial charge in [0.1, 0.15) is 0 Å². The van der Waals surface area contributed by atoms with E-state index in [-0.39, 0.29) is 21.3 Å². The van der Waals surface area contributed by atoms with Gasteiger partial charge < -0.3 is 5.32 Å². The predicted octanol–water partition coefficient (Wildman–Crippen LogP) is 3.92. The van der Waals surface area contributed by atoms with Crippen LogP contribution in [0.4, 0.5) is 14.5 Å². The van der Waals surface area contributed by atoms with E-state index in [0.29, 0.717) is 0 Å². The summed E-state index contributed by atoms with van der Waals surface area (Å²) in [6.07, 6.45) is 2.20. The number of amides is 1. The molecule has 19 heavy (non-hydrogen) atoms. The molecule has 0 atom stereocenters. The minimum Gasteiger partial charge on any atom is -0.322 e. The third kappa shape index (κ3) is 3.00. The Labute approximate surface area is 117 Å². The smallest absolute Gasteiger partial charge is 0.258 e. The molecule has 0 unspecified atom stereocenters. The van der Waals surface area contributed by atoms with Crippen LogP contribution in [0.5, 0.6) is 0 Å². The van der Waals surface area contributed by atoms with Crippen LogP contribution < -0.4 is 5.32 Å². The highest BCUT2D eigenvalue weighted by molar-refractivity contribution is 6.35. The van der Waals surface area contributed by atoms with Crippen LogP contribution in [-0.4, -0.2) is 10.9 Å². The number of carbonyl (C=O) groups excluding carboxylic acids is 1. The van der Waals surface area contributed by atoms with Crippen LogP contribution in [-0.2, 0) is 0 Å². The number of anilines is 1. The zero-order valence-electron chi connectivity index (χ0n) is 9.25. The molecule has 2 rings (SSSR count). The first kappa shape index (κ1) is 13.7. The number of halogens is 4. The Morgan fingerprint density at radius 3 is 2.42 bits per heavy atom. The summed E-state index contributed by atoms with van der Waals surface area (Å²) in [6.45, 7) is 0. The van der Waals surface area contributed by atoms with Gasteiger partial charge in [0, 0.05) is 11.9 Å². The van der Waals surface area contributed by atoms with Gasteiger partial charge in [-0.1, -0.05) is 23.2 Å². The maximum Gasteiger partial charge on any atom is 0.258 e. The lowest BCUT2D eigenvalue weighted by molar-refractivity contribution is 0.102. The third-order valence-electron chi connectivity index (χ3n) is 2.26. The van der Waals surface area contributed by atoms with Crippen LogP contribution in [0, 0.1) is 11.6 Å². The zero-order valence-corrected chi connectivity index (χ0v) is 10.8. The van der Waals surface area contributed by atoms with E-state index in [9.17, 15) is 13.6 Å². The Kier molecular flexibility index (Phi) is 3.97. The first-order chi connectivity index (χ1) is 8.99. The van der Waals surface area contributed by atoms with E-state index >= 15 is 0 Å². The predicted molar refractivity (Wildman–Crippen MR) is 68.6 cm³/mol. The van der Waals surface area contributed by atoms with E-state index in [4.69, 9.17) is 23.2 Å². The number of nitrogens with one attached hydrogen (secondary N) is 1. The number of nitrogens with zero attached hydrogens (tertiary/aromatic N) is 1. The standard InChI is InChI=1S/C12H6Cl2F2N2O/c13-8-3-6(4-9(14)11(8)16)18-12(19)7-1-2-17-5-10(7)15/h1-5H,(H,18,19). The van der Waals surface area contributed by atoms with E-state index < -0.39 is 17.5 Å². The number of aromatic nitrogens is 1. The minimum atomic E-state index is -0.781. The second-order valence-corrected chi connectivity index (χ2v) is 4.38. The van der Waals surface area contributed by atoms with Crippen LogP contribution in [0.3, 0.4) is 0 Å². The quantitative estimate of drug-likeness (QED) is 0.854. The molecule has 1 heterocycles. The lowest BCUT2D eigenvalue weighted by atomic mass is 10.2. The van der Waals surface area contributed by atoms with Crippen molar-refractivity contribution >= 4 is 34.8 Å². The molecule has 0 saturated heterocycles. The maximum atomic E-state index is 13.3. The zero-order chi connectivity index (χ0) is 14.0. The Morgan fingerprint density at radius 1 is 1.21 bits per heavy atom. The molecule has 0 aliphatic heterocycles. The van der Waals surface area contributed by atoms with Crippen LogP contribution in [0.2, 0.25) is 10.0 Å². The fourth-order valence-electron chi connectivity index (χ4n) is 1.39.